The summed E-state index contributed by atoms with van der Waals surface area (Å²) in [7, 11) is 0. The second-order valence-electron chi connectivity index (χ2n) is 22.1. The van der Waals surface area contributed by atoms with Gasteiger partial charge in [-0.15, -0.1) is 0 Å². The molecule has 71 heavy (non-hydrogen) atoms. The van der Waals surface area contributed by atoms with Gasteiger partial charge in [0.25, 0.3) is 0 Å². The number of carbonyl (C=O) groups is 2. The van der Waals surface area contributed by atoms with E-state index in [9.17, 15) is 19.8 Å². The van der Waals surface area contributed by atoms with E-state index in [0.29, 0.717) is 19.4 Å². The van der Waals surface area contributed by atoms with Crippen LogP contribution in [0.25, 0.3) is 0 Å². The van der Waals surface area contributed by atoms with Crippen molar-refractivity contribution in [3.63, 3.8) is 0 Å². The molecule has 0 aliphatic rings. The Hall–Kier alpha value is -1.66. The van der Waals surface area contributed by atoms with Crippen molar-refractivity contribution in [2.45, 2.75) is 366 Å². The van der Waals surface area contributed by atoms with Crippen LogP contribution in [0.3, 0.4) is 0 Å². The van der Waals surface area contributed by atoms with Crippen LogP contribution in [0, 0.1) is 0 Å². The minimum atomic E-state index is -0.856. The maximum absolute atomic E-state index is 12.5. The average Bonchev–Trinajstić information content (AvgIpc) is 3.37. The minimum Gasteiger partial charge on any atom is -0.466 e. The molecule has 1 amide bonds. The molecule has 0 aliphatic heterocycles. The van der Waals surface area contributed by atoms with Gasteiger partial charge in [-0.25, -0.2) is 0 Å². The highest BCUT2D eigenvalue weighted by atomic mass is 16.5. The number of rotatable bonds is 60. The van der Waals surface area contributed by atoms with Crippen LogP contribution in [0.15, 0.2) is 24.3 Å². The fraction of sp³-hybridized carbons (Fsp3) is 0.908. The van der Waals surface area contributed by atoms with Gasteiger partial charge >= 0.3 is 5.97 Å². The molecule has 3 N–H and O–H groups in total. The molecule has 6 heteroatoms. The predicted molar refractivity (Wildman–Crippen MR) is 310 cm³/mol. The Morgan fingerprint density at radius 3 is 1.00 bits per heavy atom. The van der Waals surface area contributed by atoms with Gasteiger partial charge in [0.15, 0.2) is 0 Å². The van der Waals surface area contributed by atoms with Gasteiger partial charge in [0.05, 0.1) is 25.4 Å². The van der Waals surface area contributed by atoms with Gasteiger partial charge < -0.3 is 20.3 Å². The molecule has 0 rings (SSSR count). The van der Waals surface area contributed by atoms with E-state index in [1.165, 1.54) is 270 Å². The van der Waals surface area contributed by atoms with Gasteiger partial charge in [-0.2, -0.15) is 0 Å². The lowest BCUT2D eigenvalue weighted by Gasteiger charge is -2.20. The molecule has 0 aromatic carbocycles. The number of carbonyl (C=O) groups excluding carboxylic acids is 2. The Bertz CT molecular complexity index is 1110. The predicted octanol–water partition coefficient (Wildman–Crippen LogP) is 20.2. The van der Waals surface area contributed by atoms with Crippen LogP contribution in [0.5, 0.6) is 0 Å². The molecule has 0 saturated heterocycles. The van der Waals surface area contributed by atoms with Crippen molar-refractivity contribution in [3.8, 4) is 0 Å². The van der Waals surface area contributed by atoms with Crippen molar-refractivity contribution in [2.75, 3.05) is 13.2 Å². The molecular formula is C65H125NO5. The van der Waals surface area contributed by atoms with Crippen LogP contribution in [0.2, 0.25) is 0 Å². The lowest BCUT2D eigenvalue weighted by atomic mass is 10.0. The summed E-state index contributed by atoms with van der Waals surface area (Å²) < 4.78 is 5.49. The SMILES string of the molecule is CCCCCCCC/C=C\CCCCCCCCCCCC(=O)OCCCCCCCCCCCCCCC(=O)NC(CO)C(O)/C=C/CCCCCCCCCCCCCCCCCCCCCCC. The number of amides is 1. The third-order valence-corrected chi connectivity index (χ3v) is 15.0. The monoisotopic (exact) mass is 1000 g/mol. The summed E-state index contributed by atoms with van der Waals surface area (Å²) in [5.74, 6) is -0.0900. The first-order chi connectivity index (χ1) is 35.0. The second kappa shape index (κ2) is 60.9. The molecule has 6 nitrogen and oxygen atoms in total. The highest BCUT2D eigenvalue weighted by Crippen LogP contribution is 2.18. The zero-order valence-electron chi connectivity index (χ0n) is 48.0. The minimum absolute atomic E-state index is 0.0102. The molecule has 420 valence electrons. The summed E-state index contributed by atoms with van der Waals surface area (Å²) in [5.41, 5.74) is 0. The van der Waals surface area contributed by atoms with Crippen LogP contribution < -0.4 is 5.32 Å². The summed E-state index contributed by atoms with van der Waals surface area (Å²) in [6.07, 6.45) is 75.0. The second-order valence-corrected chi connectivity index (χ2v) is 22.1. The van der Waals surface area contributed by atoms with E-state index in [1.807, 2.05) is 6.08 Å². The van der Waals surface area contributed by atoms with E-state index in [-0.39, 0.29) is 18.5 Å². The zero-order valence-corrected chi connectivity index (χ0v) is 48.0. The number of hydrogen-bond donors (Lipinski definition) is 3. The van der Waals surface area contributed by atoms with Gasteiger partial charge in [-0.3, -0.25) is 9.59 Å². The van der Waals surface area contributed by atoms with Crippen molar-refractivity contribution >= 4 is 11.9 Å². The number of aliphatic hydroxyl groups is 2. The molecule has 0 aromatic heterocycles. The van der Waals surface area contributed by atoms with Crippen molar-refractivity contribution in [2.24, 2.45) is 0 Å². The maximum Gasteiger partial charge on any atom is 0.305 e. The molecule has 0 fully saturated rings. The van der Waals surface area contributed by atoms with Crippen LogP contribution in [0.1, 0.15) is 354 Å². The van der Waals surface area contributed by atoms with Gasteiger partial charge in [-0.05, 0) is 57.8 Å². The summed E-state index contributed by atoms with van der Waals surface area (Å²) in [6, 6.07) is -0.641. The van der Waals surface area contributed by atoms with Crippen LogP contribution in [0.4, 0.5) is 0 Å². The Balaban J connectivity index is 3.46. The topological polar surface area (TPSA) is 95.9 Å². The van der Waals surface area contributed by atoms with Crippen LogP contribution in [-0.2, 0) is 14.3 Å². The third-order valence-electron chi connectivity index (χ3n) is 15.0. The van der Waals surface area contributed by atoms with Gasteiger partial charge in [-0.1, -0.05) is 308 Å². The Morgan fingerprint density at radius 2 is 0.662 bits per heavy atom. The van der Waals surface area contributed by atoms with E-state index in [0.717, 1.165) is 57.8 Å². The lowest BCUT2D eigenvalue weighted by molar-refractivity contribution is -0.143. The van der Waals surface area contributed by atoms with E-state index in [1.54, 1.807) is 6.08 Å². The number of ether oxygens (including phenoxy) is 1. The normalized spacial score (nSPS) is 12.7. The molecule has 0 bridgehead atoms. The fourth-order valence-corrected chi connectivity index (χ4v) is 10.0. The van der Waals surface area contributed by atoms with Crippen LogP contribution in [-0.4, -0.2) is 47.4 Å². The summed E-state index contributed by atoms with van der Waals surface area (Å²) in [5, 5.41) is 23.2. The highest BCUT2D eigenvalue weighted by Gasteiger charge is 2.18. The lowest BCUT2D eigenvalue weighted by Crippen LogP contribution is -2.45. The molecule has 0 aliphatic carbocycles. The Kier molecular flexibility index (Phi) is 59.5. The fourth-order valence-electron chi connectivity index (χ4n) is 10.0. The van der Waals surface area contributed by atoms with Gasteiger partial charge in [0, 0.05) is 12.8 Å². The standard InChI is InChI=1S/C65H125NO5/c1-3-5-7-9-11-13-15-17-19-21-23-24-25-26-28-29-31-33-37-41-45-49-53-57-63(68)62(61-67)66-64(69)58-54-50-46-42-38-35-36-40-44-48-52-56-60-71-65(70)59-55-51-47-43-39-34-32-30-27-22-20-18-16-14-12-10-8-6-4-2/h18,20,53,57,62-63,67-68H,3-17,19,21-52,54-56,58-61H2,1-2H3,(H,66,69)/b20-18-,57-53+. The summed E-state index contributed by atoms with van der Waals surface area (Å²) in [4.78, 5) is 24.6. The smallest absolute Gasteiger partial charge is 0.305 e. The number of hydrogen-bond acceptors (Lipinski definition) is 5. The van der Waals surface area contributed by atoms with Crippen molar-refractivity contribution in [1.82, 2.24) is 5.32 Å². The maximum atomic E-state index is 12.5. The number of unbranched alkanes of at least 4 members (excludes halogenated alkanes) is 47. The molecule has 2 atom stereocenters. The number of allylic oxidation sites excluding steroid dienone is 3. The van der Waals surface area contributed by atoms with E-state index in [4.69, 9.17) is 4.74 Å². The summed E-state index contributed by atoms with van der Waals surface area (Å²) >= 11 is 0. The van der Waals surface area contributed by atoms with E-state index in [2.05, 4.69) is 31.3 Å². The molecule has 2 unspecified atom stereocenters. The highest BCUT2D eigenvalue weighted by molar-refractivity contribution is 5.76. The number of nitrogens with one attached hydrogen (secondary N) is 1. The van der Waals surface area contributed by atoms with E-state index >= 15 is 0 Å². The summed E-state index contributed by atoms with van der Waals surface area (Å²) in [6.45, 7) is 4.90. The first kappa shape index (κ1) is 69.3. The molecule has 0 heterocycles. The molecular weight excluding hydrogens is 875 g/mol. The Labute approximate surface area is 443 Å². The van der Waals surface area contributed by atoms with Crippen molar-refractivity contribution in [1.29, 1.82) is 0 Å². The van der Waals surface area contributed by atoms with Gasteiger partial charge in [0.1, 0.15) is 0 Å². The van der Waals surface area contributed by atoms with Crippen molar-refractivity contribution in [3.05, 3.63) is 24.3 Å². The van der Waals surface area contributed by atoms with Crippen LogP contribution >= 0.6 is 0 Å². The first-order valence-electron chi connectivity index (χ1n) is 32.1. The Morgan fingerprint density at radius 1 is 0.380 bits per heavy atom. The largest absolute Gasteiger partial charge is 0.466 e. The van der Waals surface area contributed by atoms with E-state index < -0.39 is 12.1 Å². The first-order valence-corrected chi connectivity index (χ1v) is 32.1. The third kappa shape index (κ3) is 57.5. The molecule has 0 aromatic rings. The average molecular weight is 1000 g/mol. The van der Waals surface area contributed by atoms with Gasteiger partial charge in [0.2, 0.25) is 5.91 Å². The molecule has 0 spiro atoms. The van der Waals surface area contributed by atoms with Crippen molar-refractivity contribution < 1.29 is 24.5 Å². The molecule has 0 saturated carbocycles. The zero-order chi connectivity index (χ0) is 51.4. The number of esters is 1. The molecule has 0 radical (unpaired) electrons. The quantitative estimate of drug-likeness (QED) is 0.0320. The number of aliphatic hydroxyl groups excluding tert-OH is 2.